The van der Waals surface area contributed by atoms with E-state index in [1.54, 1.807) is 13.0 Å². The Kier molecular flexibility index (Phi) is 4.77. The Bertz CT molecular complexity index is 951. The summed E-state index contributed by atoms with van der Waals surface area (Å²) in [6.45, 7) is 1.55. The number of anilines is 1. The molecule has 3 rings (SSSR count). The van der Waals surface area contributed by atoms with Crippen LogP contribution < -0.4 is 11.2 Å². The van der Waals surface area contributed by atoms with E-state index in [0.29, 0.717) is 10.4 Å². The molecule has 3 aromatic rings. The number of halogens is 3. The van der Waals surface area contributed by atoms with Crippen molar-refractivity contribution in [3.05, 3.63) is 48.3 Å². The van der Waals surface area contributed by atoms with Crippen LogP contribution in [0.3, 0.4) is 0 Å². The number of benzene rings is 2. The third-order valence-electron chi connectivity index (χ3n) is 3.62. The van der Waals surface area contributed by atoms with Crippen LogP contribution in [0.1, 0.15) is 12.7 Å². The van der Waals surface area contributed by atoms with Crippen LogP contribution in [-0.4, -0.2) is 26.0 Å². The van der Waals surface area contributed by atoms with Gasteiger partial charge in [0.1, 0.15) is 0 Å². The zero-order valence-corrected chi connectivity index (χ0v) is 14.3. The number of hydrogen-bond donors (Lipinski definition) is 2. The van der Waals surface area contributed by atoms with Crippen molar-refractivity contribution in [2.24, 2.45) is 0 Å². The molecule has 3 N–H and O–H groups in total. The average molecular weight is 381 g/mol. The van der Waals surface area contributed by atoms with Crippen molar-refractivity contribution in [2.45, 2.75) is 23.5 Å². The molecule has 0 spiro atoms. The Labute approximate surface area is 150 Å². The maximum Gasteiger partial charge on any atom is 0.453 e. The zero-order valence-electron chi connectivity index (χ0n) is 13.5. The minimum Gasteiger partial charge on any atom is -0.335 e. The lowest BCUT2D eigenvalue weighted by molar-refractivity contribution is -0.146. The summed E-state index contributed by atoms with van der Waals surface area (Å²) in [5.41, 5.74) is 0.616. The number of nitrogens with two attached hydrogens (primary N) is 1. The van der Waals surface area contributed by atoms with Gasteiger partial charge in [0.15, 0.2) is 0 Å². The van der Waals surface area contributed by atoms with Crippen molar-refractivity contribution >= 4 is 34.1 Å². The van der Waals surface area contributed by atoms with Crippen molar-refractivity contribution in [3.8, 4) is 0 Å². The van der Waals surface area contributed by atoms with Gasteiger partial charge >= 0.3 is 6.18 Å². The number of fused-ring (bicyclic) bond motifs is 1. The second-order valence-corrected chi connectivity index (χ2v) is 6.76. The highest BCUT2D eigenvalue weighted by atomic mass is 32.2. The first-order chi connectivity index (χ1) is 12.3. The molecule has 0 saturated heterocycles. The highest BCUT2D eigenvalue weighted by Gasteiger charge is 2.38. The van der Waals surface area contributed by atoms with Crippen LogP contribution in [0.25, 0.3) is 10.8 Å². The number of thioether (sulfide) groups is 1. The normalized spacial score (nSPS) is 12.9. The molecule has 0 radical (unpaired) electrons. The molecule has 0 fully saturated rings. The van der Waals surface area contributed by atoms with Crippen LogP contribution in [-0.2, 0) is 11.0 Å². The van der Waals surface area contributed by atoms with Crippen LogP contribution >= 0.6 is 11.8 Å². The summed E-state index contributed by atoms with van der Waals surface area (Å²) in [6.07, 6.45) is -4.71. The maximum atomic E-state index is 12.7. The molecule has 0 aliphatic carbocycles. The second-order valence-electron chi connectivity index (χ2n) is 5.45. The van der Waals surface area contributed by atoms with Crippen LogP contribution in [0, 0.1) is 0 Å². The highest BCUT2D eigenvalue weighted by Crippen LogP contribution is 2.30. The summed E-state index contributed by atoms with van der Waals surface area (Å²) in [5, 5.41) is 10.1. The van der Waals surface area contributed by atoms with E-state index in [2.05, 4.69) is 15.5 Å². The van der Waals surface area contributed by atoms with Gasteiger partial charge in [-0.2, -0.15) is 13.2 Å². The van der Waals surface area contributed by atoms with Crippen LogP contribution in [0.4, 0.5) is 18.9 Å². The van der Waals surface area contributed by atoms with Crippen LogP contribution in [0.5, 0.6) is 0 Å². The smallest absolute Gasteiger partial charge is 0.335 e. The maximum absolute atomic E-state index is 12.7. The van der Waals surface area contributed by atoms with Crippen LogP contribution in [0.15, 0.2) is 47.6 Å². The minimum atomic E-state index is -4.71. The molecule has 2 aromatic carbocycles. The molecule has 136 valence electrons. The molecule has 1 heterocycles. The Morgan fingerprint density at radius 3 is 2.58 bits per heavy atom. The van der Waals surface area contributed by atoms with Crippen molar-refractivity contribution in [3.63, 3.8) is 0 Å². The molecule has 1 unspecified atom stereocenters. The monoisotopic (exact) mass is 381 g/mol. The minimum absolute atomic E-state index is 0.196. The lowest BCUT2D eigenvalue weighted by Crippen LogP contribution is -2.25. The van der Waals surface area contributed by atoms with Gasteiger partial charge in [0.05, 0.1) is 5.25 Å². The first kappa shape index (κ1) is 18.1. The largest absolute Gasteiger partial charge is 0.453 e. The Hall–Kier alpha value is -2.75. The lowest BCUT2D eigenvalue weighted by atomic mass is 10.1. The SMILES string of the molecule is CC(Sc1nnc(C(F)(F)F)n1N)C(=O)Nc1cccc2ccccc12. The summed E-state index contributed by atoms with van der Waals surface area (Å²) >= 11 is 0.792. The summed E-state index contributed by atoms with van der Waals surface area (Å²) in [4.78, 5) is 12.4. The van der Waals surface area contributed by atoms with Gasteiger partial charge in [-0.05, 0) is 18.4 Å². The van der Waals surface area contributed by atoms with E-state index in [9.17, 15) is 18.0 Å². The van der Waals surface area contributed by atoms with Crippen molar-refractivity contribution in [1.29, 1.82) is 0 Å². The molecule has 10 heteroatoms. The molecule has 1 amide bonds. The Morgan fingerprint density at radius 2 is 1.88 bits per heavy atom. The Morgan fingerprint density at radius 1 is 1.19 bits per heavy atom. The highest BCUT2D eigenvalue weighted by molar-refractivity contribution is 8.00. The predicted molar refractivity (Wildman–Crippen MR) is 93.1 cm³/mol. The van der Waals surface area contributed by atoms with Gasteiger partial charge in [0.2, 0.25) is 11.1 Å². The summed E-state index contributed by atoms with van der Waals surface area (Å²) in [5.74, 6) is 3.68. The quantitative estimate of drug-likeness (QED) is 0.535. The molecule has 6 nitrogen and oxygen atoms in total. The standard InChI is InChI=1S/C16H14F3N5OS/c1-9(26-15-23-22-14(24(15)20)16(17,18)19)13(25)21-12-8-4-6-10-5-2-3-7-11(10)12/h2-9H,20H2,1H3,(H,21,25). The first-order valence-electron chi connectivity index (χ1n) is 7.50. The Balaban J connectivity index is 1.75. The van der Waals surface area contributed by atoms with Gasteiger partial charge in [-0.3, -0.25) is 4.79 Å². The lowest BCUT2D eigenvalue weighted by Gasteiger charge is -2.13. The summed E-state index contributed by atoms with van der Waals surface area (Å²) in [6, 6.07) is 13.0. The number of nitrogens with zero attached hydrogens (tertiary/aromatic N) is 3. The topological polar surface area (TPSA) is 85.8 Å². The number of nitrogens with one attached hydrogen (secondary N) is 1. The number of amides is 1. The molecular formula is C16H14F3N5OS. The molecule has 0 bridgehead atoms. The predicted octanol–water partition coefficient (Wildman–Crippen LogP) is 3.28. The van der Waals surface area contributed by atoms with Gasteiger partial charge in [0, 0.05) is 11.1 Å². The molecular weight excluding hydrogens is 367 g/mol. The second kappa shape index (κ2) is 6.87. The fraction of sp³-hybridized carbons (Fsp3) is 0.188. The zero-order chi connectivity index (χ0) is 18.9. The third-order valence-corrected chi connectivity index (χ3v) is 4.67. The molecule has 0 aliphatic rings. The molecule has 0 aliphatic heterocycles. The van der Waals surface area contributed by atoms with E-state index in [4.69, 9.17) is 5.84 Å². The number of rotatable bonds is 4. The van der Waals surface area contributed by atoms with E-state index < -0.39 is 17.3 Å². The van der Waals surface area contributed by atoms with Crippen molar-refractivity contribution < 1.29 is 18.0 Å². The van der Waals surface area contributed by atoms with Gasteiger partial charge in [-0.15, -0.1) is 10.2 Å². The number of alkyl halides is 3. The van der Waals surface area contributed by atoms with E-state index in [0.717, 1.165) is 22.5 Å². The van der Waals surface area contributed by atoms with Crippen molar-refractivity contribution in [1.82, 2.24) is 14.9 Å². The number of hydrogen-bond acceptors (Lipinski definition) is 5. The fourth-order valence-corrected chi connectivity index (χ4v) is 3.10. The number of carbonyl (C=O) groups excluding carboxylic acids is 1. The molecule has 0 saturated carbocycles. The number of nitrogen functional groups attached to an aromatic ring is 1. The van der Waals surface area contributed by atoms with E-state index in [1.807, 2.05) is 36.4 Å². The third kappa shape index (κ3) is 3.59. The van der Waals surface area contributed by atoms with Crippen molar-refractivity contribution in [2.75, 3.05) is 11.2 Å². The number of carbonyl (C=O) groups is 1. The number of aromatic nitrogens is 3. The van der Waals surface area contributed by atoms with Gasteiger partial charge in [-0.1, -0.05) is 48.2 Å². The van der Waals surface area contributed by atoms with Crippen LogP contribution in [0.2, 0.25) is 0 Å². The molecule has 26 heavy (non-hydrogen) atoms. The van der Waals surface area contributed by atoms with E-state index in [1.165, 1.54) is 0 Å². The first-order valence-corrected chi connectivity index (χ1v) is 8.38. The van der Waals surface area contributed by atoms with Gasteiger partial charge in [0.25, 0.3) is 5.82 Å². The van der Waals surface area contributed by atoms with E-state index in [-0.39, 0.29) is 11.1 Å². The summed E-state index contributed by atoms with van der Waals surface area (Å²) < 4.78 is 38.4. The van der Waals surface area contributed by atoms with Gasteiger partial charge in [-0.25, -0.2) is 4.68 Å². The average Bonchev–Trinajstić information content (AvgIpc) is 2.96. The molecule has 1 atom stereocenters. The van der Waals surface area contributed by atoms with E-state index >= 15 is 0 Å². The van der Waals surface area contributed by atoms with Gasteiger partial charge < -0.3 is 11.2 Å². The molecule has 1 aromatic heterocycles. The summed E-state index contributed by atoms with van der Waals surface area (Å²) in [7, 11) is 0. The fourth-order valence-electron chi connectivity index (χ4n) is 2.33.